The molecule has 0 spiro atoms. The first-order valence-electron chi connectivity index (χ1n) is 4.69. The van der Waals surface area contributed by atoms with Gasteiger partial charge in [-0.25, -0.2) is 9.97 Å². The summed E-state index contributed by atoms with van der Waals surface area (Å²) in [7, 11) is 0. The summed E-state index contributed by atoms with van der Waals surface area (Å²) in [4.78, 5) is 10.4. The quantitative estimate of drug-likeness (QED) is 0.722. The van der Waals surface area contributed by atoms with Crippen LogP contribution in [0.4, 0.5) is 5.82 Å². The number of nitriles is 1. The number of aromatic nitrogens is 2. The summed E-state index contributed by atoms with van der Waals surface area (Å²) in [6.45, 7) is 5.50. The van der Waals surface area contributed by atoms with E-state index < -0.39 is 0 Å². The van der Waals surface area contributed by atoms with E-state index in [0.717, 1.165) is 24.7 Å². The van der Waals surface area contributed by atoms with E-state index >= 15 is 0 Å². The van der Waals surface area contributed by atoms with Crippen molar-refractivity contribution in [1.29, 1.82) is 5.26 Å². The van der Waals surface area contributed by atoms with Crippen LogP contribution in [0.15, 0.2) is 12.3 Å². The summed E-state index contributed by atoms with van der Waals surface area (Å²) in [6.07, 6.45) is 2.27. The third-order valence-electron chi connectivity index (χ3n) is 1.96. The topological polar surface area (TPSA) is 52.8 Å². The van der Waals surface area contributed by atoms with Gasteiger partial charge >= 0.3 is 0 Å². The molecule has 0 unspecified atom stereocenters. The normalized spacial score (nSPS) is 9.50. The van der Waals surface area contributed by atoms with Crippen molar-refractivity contribution in [2.45, 2.75) is 20.3 Å². The van der Waals surface area contributed by atoms with Crippen molar-refractivity contribution >= 4 is 5.82 Å². The molecule has 0 aliphatic carbocycles. The lowest BCUT2D eigenvalue weighted by molar-refractivity contribution is 0.802. The Balaban J connectivity index is 2.74. The molecule has 74 valence electrons. The average molecular weight is 190 g/mol. The zero-order valence-electron chi connectivity index (χ0n) is 8.56. The van der Waals surface area contributed by atoms with Crippen molar-refractivity contribution < 1.29 is 0 Å². The standard InChI is InChI=1S/C10H14N4/c1-3-14(8-4-6-11)10-5-7-12-9(2)13-10/h5,7H,3-4,8H2,1-2H3. The molecule has 0 aliphatic heterocycles. The molecule has 0 atom stereocenters. The Morgan fingerprint density at radius 3 is 2.93 bits per heavy atom. The predicted molar refractivity (Wildman–Crippen MR) is 54.9 cm³/mol. The summed E-state index contributed by atoms with van der Waals surface area (Å²) in [5.41, 5.74) is 0. The fraction of sp³-hybridized carbons (Fsp3) is 0.500. The van der Waals surface area contributed by atoms with Crippen LogP contribution in [0, 0.1) is 18.3 Å². The van der Waals surface area contributed by atoms with Crippen molar-refractivity contribution in [1.82, 2.24) is 9.97 Å². The maximum absolute atomic E-state index is 8.50. The van der Waals surface area contributed by atoms with E-state index in [4.69, 9.17) is 5.26 Å². The molecule has 1 heterocycles. The Labute approximate surface area is 84.2 Å². The zero-order chi connectivity index (χ0) is 10.4. The molecule has 1 aromatic rings. The fourth-order valence-electron chi connectivity index (χ4n) is 1.24. The highest BCUT2D eigenvalue weighted by molar-refractivity contribution is 5.37. The van der Waals surface area contributed by atoms with Crippen molar-refractivity contribution in [3.63, 3.8) is 0 Å². The molecular weight excluding hydrogens is 176 g/mol. The van der Waals surface area contributed by atoms with Gasteiger partial charge < -0.3 is 4.90 Å². The molecule has 0 saturated carbocycles. The van der Waals surface area contributed by atoms with Crippen molar-refractivity contribution in [3.05, 3.63) is 18.1 Å². The molecule has 0 amide bonds. The van der Waals surface area contributed by atoms with Crippen LogP contribution in [0.2, 0.25) is 0 Å². The van der Waals surface area contributed by atoms with Gasteiger partial charge in [0, 0.05) is 19.3 Å². The predicted octanol–water partition coefficient (Wildman–Crippen LogP) is 1.52. The number of anilines is 1. The smallest absolute Gasteiger partial charge is 0.132 e. The minimum atomic E-state index is 0.525. The minimum absolute atomic E-state index is 0.525. The van der Waals surface area contributed by atoms with E-state index in [9.17, 15) is 0 Å². The molecule has 0 N–H and O–H groups in total. The molecule has 0 radical (unpaired) electrons. The van der Waals surface area contributed by atoms with Gasteiger partial charge in [-0.05, 0) is 19.9 Å². The van der Waals surface area contributed by atoms with E-state index in [-0.39, 0.29) is 0 Å². The van der Waals surface area contributed by atoms with E-state index in [2.05, 4.69) is 27.9 Å². The number of hydrogen-bond acceptors (Lipinski definition) is 4. The molecule has 0 aliphatic rings. The van der Waals surface area contributed by atoms with Crippen molar-refractivity contribution in [2.75, 3.05) is 18.0 Å². The van der Waals surface area contributed by atoms with E-state index in [1.54, 1.807) is 6.20 Å². The Kier molecular flexibility index (Phi) is 3.86. The second-order valence-corrected chi connectivity index (χ2v) is 2.95. The molecular formula is C10H14N4. The maximum atomic E-state index is 8.50. The van der Waals surface area contributed by atoms with Crippen LogP contribution in [-0.2, 0) is 0 Å². The molecule has 4 nitrogen and oxygen atoms in total. The lowest BCUT2D eigenvalue weighted by Crippen LogP contribution is -2.24. The summed E-state index contributed by atoms with van der Waals surface area (Å²) in [5, 5.41) is 8.50. The SMILES string of the molecule is CCN(CCC#N)c1ccnc(C)n1. The van der Waals surface area contributed by atoms with Gasteiger partial charge in [-0.1, -0.05) is 0 Å². The molecule has 0 saturated heterocycles. The second kappa shape index (κ2) is 5.18. The largest absolute Gasteiger partial charge is 0.356 e. The molecule has 0 aromatic carbocycles. The monoisotopic (exact) mass is 190 g/mol. The third-order valence-corrected chi connectivity index (χ3v) is 1.96. The Morgan fingerprint density at radius 1 is 1.57 bits per heavy atom. The average Bonchev–Trinajstić information content (AvgIpc) is 2.19. The van der Waals surface area contributed by atoms with E-state index in [1.165, 1.54) is 0 Å². The summed E-state index contributed by atoms with van der Waals surface area (Å²) in [5.74, 6) is 1.66. The maximum Gasteiger partial charge on any atom is 0.132 e. The Bertz CT molecular complexity index is 329. The van der Waals surface area contributed by atoms with Gasteiger partial charge in [0.05, 0.1) is 12.5 Å². The highest BCUT2D eigenvalue weighted by atomic mass is 15.2. The van der Waals surface area contributed by atoms with Crippen LogP contribution in [0.3, 0.4) is 0 Å². The first kappa shape index (κ1) is 10.5. The number of nitrogens with zero attached hydrogens (tertiary/aromatic N) is 4. The van der Waals surface area contributed by atoms with Gasteiger partial charge in [0.15, 0.2) is 0 Å². The van der Waals surface area contributed by atoms with Gasteiger partial charge in [-0.3, -0.25) is 0 Å². The van der Waals surface area contributed by atoms with Crippen LogP contribution in [0.1, 0.15) is 19.2 Å². The van der Waals surface area contributed by atoms with Crippen LogP contribution in [0.25, 0.3) is 0 Å². The zero-order valence-corrected chi connectivity index (χ0v) is 8.56. The van der Waals surface area contributed by atoms with Crippen LogP contribution >= 0.6 is 0 Å². The van der Waals surface area contributed by atoms with Crippen LogP contribution < -0.4 is 4.90 Å². The first-order chi connectivity index (χ1) is 6.77. The minimum Gasteiger partial charge on any atom is -0.356 e. The highest BCUT2D eigenvalue weighted by Gasteiger charge is 2.04. The van der Waals surface area contributed by atoms with Gasteiger partial charge in [0.25, 0.3) is 0 Å². The molecule has 1 aromatic heterocycles. The highest BCUT2D eigenvalue weighted by Crippen LogP contribution is 2.09. The van der Waals surface area contributed by atoms with E-state index in [1.807, 2.05) is 13.0 Å². The Morgan fingerprint density at radius 2 is 2.36 bits per heavy atom. The van der Waals surface area contributed by atoms with Gasteiger partial charge in [0.1, 0.15) is 11.6 Å². The molecule has 14 heavy (non-hydrogen) atoms. The lowest BCUT2D eigenvalue weighted by atomic mass is 10.4. The lowest BCUT2D eigenvalue weighted by Gasteiger charge is -2.20. The number of rotatable bonds is 4. The number of aryl methyl sites for hydroxylation is 1. The van der Waals surface area contributed by atoms with Crippen molar-refractivity contribution in [2.24, 2.45) is 0 Å². The molecule has 0 fully saturated rings. The first-order valence-corrected chi connectivity index (χ1v) is 4.69. The Hall–Kier alpha value is -1.63. The summed E-state index contributed by atoms with van der Waals surface area (Å²) < 4.78 is 0. The van der Waals surface area contributed by atoms with Gasteiger partial charge in [-0.2, -0.15) is 5.26 Å². The third kappa shape index (κ3) is 2.70. The summed E-state index contributed by atoms with van der Waals surface area (Å²) >= 11 is 0. The van der Waals surface area contributed by atoms with E-state index in [0.29, 0.717) is 6.42 Å². The number of hydrogen-bond donors (Lipinski definition) is 0. The van der Waals surface area contributed by atoms with Crippen LogP contribution in [0.5, 0.6) is 0 Å². The fourth-order valence-corrected chi connectivity index (χ4v) is 1.24. The molecule has 4 heteroatoms. The van der Waals surface area contributed by atoms with Gasteiger partial charge in [0.2, 0.25) is 0 Å². The van der Waals surface area contributed by atoms with Crippen molar-refractivity contribution in [3.8, 4) is 6.07 Å². The molecule has 0 bridgehead atoms. The van der Waals surface area contributed by atoms with Gasteiger partial charge in [-0.15, -0.1) is 0 Å². The summed E-state index contributed by atoms with van der Waals surface area (Å²) in [6, 6.07) is 4.00. The molecule has 1 rings (SSSR count). The second-order valence-electron chi connectivity index (χ2n) is 2.95. The van der Waals surface area contributed by atoms with Crippen LogP contribution in [-0.4, -0.2) is 23.1 Å².